The smallest absolute Gasteiger partial charge is 0.408 e. The third-order valence-corrected chi connectivity index (χ3v) is 7.61. The van der Waals surface area contributed by atoms with Gasteiger partial charge in [-0.3, -0.25) is 4.79 Å². The normalized spacial score (nSPS) is 14.6. The molecular formula is C34H44N4O9. The molecule has 1 aliphatic rings. The lowest BCUT2D eigenvalue weighted by atomic mass is 9.95. The number of hydrogen-bond acceptors (Lipinski definition) is 11. The van der Waals surface area contributed by atoms with E-state index in [1.165, 1.54) is 7.11 Å². The van der Waals surface area contributed by atoms with E-state index >= 15 is 0 Å². The van der Waals surface area contributed by atoms with Crippen LogP contribution in [0.3, 0.4) is 0 Å². The number of carbonyl (C=O) groups excluding carboxylic acids is 2. The van der Waals surface area contributed by atoms with Gasteiger partial charge in [0, 0.05) is 5.56 Å². The Kier molecular flexibility index (Phi) is 11.0. The quantitative estimate of drug-likeness (QED) is 0.283. The van der Waals surface area contributed by atoms with E-state index in [-0.39, 0.29) is 23.7 Å². The first-order chi connectivity index (χ1) is 22.3. The van der Waals surface area contributed by atoms with Crippen LogP contribution in [0.15, 0.2) is 35.3 Å². The van der Waals surface area contributed by atoms with Gasteiger partial charge in [0.05, 0.1) is 40.7 Å². The molecule has 0 bridgehead atoms. The van der Waals surface area contributed by atoms with Crippen LogP contribution in [0.2, 0.25) is 0 Å². The molecule has 13 heteroatoms. The molecule has 0 saturated heterocycles. The van der Waals surface area contributed by atoms with Crippen LogP contribution < -0.4 is 29.7 Å². The maximum Gasteiger partial charge on any atom is 0.408 e. The zero-order valence-corrected chi connectivity index (χ0v) is 28.5. The third-order valence-electron chi connectivity index (χ3n) is 7.61. The van der Waals surface area contributed by atoms with Crippen molar-refractivity contribution >= 4 is 12.1 Å². The third kappa shape index (κ3) is 8.13. The van der Waals surface area contributed by atoms with Crippen molar-refractivity contribution in [2.45, 2.75) is 78.2 Å². The topological polar surface area (TPSA) is 149 Å². The number of esters is 1. The summed E-state index contributed by atoms with van der Waals surface area (Å²) < 4.78 is 35.1. The van der Waals surface area contributed by atoms with E-state index in [9.17, 15) is 14.4 Å². The number of alkyl carbamates (subject to hydrolysis) is 1. The zero-order valence-electron chi connectivity index (χ0n) is 28.5. The average molecular weight is 653 g/mol. The number of ether oxygens (including phenoxy) is 6. The van der Waals surface area contributed by atoms with Gasteiger partial charge in [-0.25, -0.2) is 14.3 Å². The minimum atomic E-state index is -0.901. The van der Waals surface area contributed by atoms with Gasteiger partial charge in [0.15, 0.2) is 17.2 Å². The Labute approximate surface area is 274 Å². The Morgan fingerprint density at radius 1 is 1.00 bits per heavy atom. The summed E-state index contributed by atoms with van der Waals surface area (Å²) in [5, 5.41) is 11.3. The number of fused-ring (bicyclic) bond motifs is 3. The van der Waals surface area contributed by atoms with Crippen LogP contribution >= 0.6 is 0 Å². The monoisotopic (exact) mass is 652 g/mol. The fraction of sp³-hybridized carbons (Fsp3) is 0.500. The van der Waals surface area contributed by atoms with Gasteiger partial charge in [0.2, 0.25) is 11.2 Å². The van der Waals surface area contributed by atoms with Crippen LogP contribution in [0.4, 0.5) is 4.79 Å². The van der Waals surface area contributed by atoms with Crippen molar-refractivity contribution in [1.82, 2.24) is 20.3 Å². The van der Waals surface area contributed by atoms with Gasteiger partial charge in [-0.15, -0.1) is 5.10 Å². The van der Waals surface area contributed by atoms with Gasteiger partial charge in [-0.05, 0) is 80.8 Å². The maximum atomic E-state index is 13.2. The highest BCUT2D eigenvalue weighted by atomic mass is 16.6. The molecule has 1 heterocycles. The highest BCUT2D eigenvalue weighted by Crippen LogP contribution is 2.50. The largest absolute Gasteiger partial charge is 0.493 e. The molecule has 4 rings (SSSR count). The van der Waals surface area contributed by atoms with Gasteiger partial charge < -0.3 is 33.7 Å². The van der Waals surface area contributed by atoms with Gasteiger partial charge in [-0.1, -0.05) is 25.1 Å². The second-order valence-electron chi connectivity index (χ2n) is 12.6. The van der Waals surface area contributed by atoms with Crippen LogP contribution in [0.1, 0.15) is 70.3 Å². The molecule has 0 unspecified atom stereocenters. The van der Waals surface area contributed by atoms with Crippen LogP contribution in [-0.2, 0) is 27.3 Å². The molecule has 3 aromatic rings. The molecule has 1 aliphatic carbocycles. The van der Waals surface area contributed by atoms with E-state index in [0.717, 1.165) is 16.7 Å². The standard InChI is InChI=1S/C34H44N4O9/c1-19(2)14-24(35-33(41)47-34(3,4)5)32(40)46-18-21-17-38(37-36-21)25-12-10-20-15-28(43-7)30(44-8)31(45-9)29(20)22-11-13-27(42-6)26(39)16-23(22)25/h11,13,15-17,19,24-25H,10,12,14,18H2,1-9H3,(H,35,41)/t24-,25-/m0/s1. The van der Waals surface area contributed by atoms with Crippen LogP contribution in [-0.4, -0.2) is 67.1 Å². The summed E-state index contributed by atoms with van der Waals surface area (Å²) in [7, 11) is 6.11. The first-order valence-electron chi connectivity index (χ1n) is 15.4. The molecule has 2 atom stereocenters. The molecule has 0 spiro atoms. The number of methoxy groups -OCH3 is 4. The van der Waals surface area contributed by atoms with E-state index in [1.807, 2.05) is 26.0 Å². The number of amides is 1. The molecule has 1 amide bonds. The lowest BCUT2D eigenvalue weighted by molar-refractivity contribution is -0.148. The number of rotatable bonds is 11. The summed E-state index contributed by atoms with van der Waals surface area (Å²) in [6, 6.07) is 5.59. The van der Waals surface area contributed by atoms with Crippen LogP contribution in [0.5, 0.6) is 23.0 Å². The van der Waals surface area contributed by atoms with Gasteiger partial charge in [0.25, 0.3) is 0 Å². The van der Waals surface area contributed by atoms with E-state index in [1.54, 1.807) is 65.1 Å². The molecule has 0 aliphatic heterocycles. The molecule has 0 radical (unpaired) electrons. The molecule has 13 nitrogen and oxygen atoms in total. The van der Waals surface area contributed by atoms with Crippen LogP contribution in [0, 0.1) is 5.92 Å². The number of benzene rings is 1. The lowest BCUT2D eigenvalue weighted by Crippen LogP contribution is -2.44. The first-order valence-corrected chi connectivity index (χ1v) is 15.4. The highest BCUT2D eigenvalue weighted by molar-refractivity contribution is 5.83. The molecule has 1 N–H and O–H groups in total. The predicted octanol–water partition coefficient (Wildman–Crippen LogP) is 4.86. The number of nitrogens with zero attached hydrogens (tertiary/aromatic N) is 3. The second-order valence-corrected chi connectivity index (χ2v) is 12.6. The number of carbonyl (C=O) groups is 2. The van der Waals surface area contributed by atoms with Crippen molar-refractivity contribution in [3.05, 3.63) is 57.5 Å². The first kappa shape index (κ1) is 35.1. The minimum absolute atomic E-state index is 0.104. The zero-order chi connectivity index (χ0) is 34.5. The summed E-state index contributed by atoms with van der Waals surface area (Å²) in [4.78, 5) is 38.7. The number of aromatic nitrogens is 3. The number of aryl methyl sites for hydroxylation is 1. The van der Waals surface area contributed by atoms with Crippen molar-refractivity contribution < 1.29 is 38.0 Å². The maximum absolute atomic E-state index is 13.2. The van der Waals surface area contributed by atoms with Crippen molar-refractivity contribution in [2.75, 3.05) is 28.4 Å². The lowest BCUT2D eigenvalue weighted by Gasteiger charge is -2.23. The highest BCUT2D eigenvalue weighted by Gasteiger charge is 2.31. The molecule has 254 valence electrons. The van der Waals surface area contributed by atoms with Gasteiger partial charge in [-0.2, -0.15) is 0 Å². The van der Waals surface area contributed by atoms with E-state index in [4.69, 9.17) is 28.4 Å². The summed E-state index contributed by atoms with van der Waals surface area (Å²) in [5.74, 6) is 1.10. The van der Waals surface area contributed by atoms with E-state index < -0.39 is 29.7 Å². The Hall–Kier alpha value is -4.81. The molecular weight excluding hydrogens is 608 g/mol. The fourth-order valence-corrected chi connectivity index (χ4v) is 5.63. The van der Waals surface area contributed by atoms with Crippen molar-refractivity contribution in [3.63, 3.8) is 0 Å². The molecule has 0 saturated carbocycles. The molecule has 2 aromatic carbocycles. The van der Waals surface area contributed by atoms with Gasteiger partial charge >= 0.3 is 12.1 Å². The summed E-state index contributed by atoms with van der Waals surface area (Å²) in [5.41, 5.74) is 2.48. The van der Waals surface area contributed by atoms with Gasteiger partial charge in [0.1, 0.15) is 23.9 Å². The molecule has 47 heavy (non-hydrogen) atoms. The summed E-state index contributed by atoms with van der Waals surface area (Å²) >= 11 is 0. The Morgan fingerprint density at radius 3 is 2.32 bits per heavy atom. The SMILES string of the molecule is COc1cc2c(c(OC)c1OC)-c1ccc(OC)c(=O)cc1[C@@H](n1cc(COC(=O)[C@H](CC(C)C)NC(=O)OC(C)(C)C)nn1)CC2. The molecule has 1 aromatic heterocycles. The van der Waals surface area contributed by atoms with Crippen molar-refractivity contribution in [1.29, 1.82) is 0 Å². The average Bonchev–Trinajstić information content (AvgIpc) is 3.34. The van der Waals surface area contributed by atoms with E-state index in [2.05, 4.69) is 15.6 Å². The minimum Gasteiger partial charge on any atom is -0.493 e. The number of nitrogens with one attached hydrogen (secondary N) is 1. The summed E-state index contributed by atoms with van der Waals surface area (Å²) in [6.07, 6.45) is 2.47. The Bertz CT molecular complexity index is 1660. The van der Waals surface area contributed by atoms with Crippen molar-refractivity contribution in [2.24, 2.45) is 5.92 Å². The summed E-state index contributed by atoms with van der Waals surface area (Å²) in [6.45, 7) is 8.95. The molecule has 0 fully saturated rings. The Balaban J connectivity index is 1.67. The second kappa shape index (κ2) is 14.7. The predicted molar refractivity (Wildman–Crippen MR) is 173 cm³/mol. The Morgan fingerprint density at radius 2 is 1.70 bits per heavy atom. The number of hydrogen-bond donors (Lipinski definition) is 1. The van der Waals surface area contributed by atoms with Crippen molar-refractivity contribution in [3.8, 4) is 34.1 Å². The van der Waals surface area contributed by atoms with Crippen LogP contribution in [0.25, 0.3) is 11.1 Å². The van der Waals surface area contributed by atoms with E-state index in [0.29, 0.717) is 47.8 Å². The fourth-order valence-electron chi connectivity index (χ4n) is 5.63.